The molecule has 3 rings (SSSR count). The summed E-state index contributed by atoms with van der Waals surface area (Å²) in [5.41, 5.74) is 2.45. The van der Waals surface area contributed by atoms with Crippen molar-refractivity contribution in [1.82, 2.24) is 20.0 Å². The molecule has 0 aliphatic carbocycles. The largest absolute Gasteiger partial charge is 0.306 e. The zero-order valence-electron chi connectivity index (χ0n) is 11.5. The summed E-state index contributed by atoms with van der Waals surface area (Å²) in [6.45, 7) is 1.86. The second-order valence-corrected chi connectivity index (χ2v) is 4.65. The number of nitrogens with zero attached hydrogens (tertiary/aromatic N) is 4. The Balaban J connectivity index is 1.91. The Hall–Kier alpha value is -3.14. The molecule has 0 unspecified atom stereocenters. The molecule has 0 saturated heterocycles. The van der Waals surface area contributed by atoms with Gasteiger partial charge >= 0.3 is 0 Å². The number of hydrogen-bond donors (Lipinski definition) is 2. The molecule has 0 saturated carbocycles. The van der Waals surface area contributed by atoms with E-state index in [-0.39, 0.29) is 5.91 Å². The van der Waals surface area contributed by atoms with Crippen LogP contribution in [0, 0.1) is 18.3 Å². The standard InChI is InChI=1S/C14H12N6O/c1-8-11-12(17-18-13(11)20(2)19-8)16-14(21)10-5-3-9(7-15)4-6-10/h3-6H,1-2H3,(H2,16,17,18,21). The molecule has 0 radical (unpaired) electrons. The van der Waals surface area contributed by atoms with Crippen LogP contribution in [0.5, 0.6) is 0 Å². The molecule has 0 atom stereocenters. The fraction of sp³-hybridized carbons (Fsp3) is 0.143. The number of hydrogen-bond acceptors (Lipinski definition) is 4. The lowest BCUT2D eigenvalue weighted by Gasteiger charge is -2.03. The van der Waals surface area contributed by atoms with Crippen LogP contribution in [0.4, 0.5) is 5.82 Å². The Labute approximate surface area is 120 Å². The van der Waals surface area contributed by atoms with Crippen LogP contribution in [0.15, 0.2) is 24.3 Å². The molecule has 104 valence electrons. The minimum absolute atomic E-state index is 0.270. The number of anilines is 1. The van der Waals surface area contributed by atoms with Crippen LogP contribution < -0.4 is 5.32 Å². The maximum atomic E-state index is 12.2. The molecule has 21 heavy (non-hydrogen) atoms. The van der Waals surface area contributed by atoms with Crippen molar-refractivity contribution < 1.29 is 4.79 Å². The lowest BCUT2D eigenvalue weighted by molar-refractivity contribution is 0.102. The Bertz CT molecular complexity index is 865. The number of nitriles is 1. The van der Waals surface area contributed by atoms with Gasteiger partial charge in [-0.05, 0) is 31.2 Å². The van der Waals surface area contributed by atoms with Gasteiger partial charge in [-0.25, -0.2) is 4.68 Å². The lowest BCUT2D eigenvalue weighted by atomic mass is 10.1. The van der Waals surface area contributed by atoms with Crippen molar-refractivity contribution in [3.8, 4) is 6.07 Å². The van der Waals surface area contributed by atoms with Gasteiger partial charge in [-0.15, -0.1) is 0 Å². The third-order valence-corrected chi connectivity index (χ3v) is 3.23. The number of rotatable bonds is 2. The molecular formula is C14H12N6O. The highest BCUT2D eigenvalue weighted by Gasteiger charge is 2.16. The molecule has 7 heteroatoms. The number of benzene rings is 1. The van der Waals surface area contributed by atoms with E-state index in [1.165, 1.54) is 0 Å². The van der Waals surface area contributed by atoms with E-state index in [0.717, 1.165) is 11.1 Å². The highest BCUT2D eigenvalue weighted by Crippen LogP contribution is 2.23. The molecule has 0 bridgehead atoms. The molecule has 0 aliphatic rings. The summed E-state index contributed by atoms with van der Waals surface area (Å²) in [4.78, 5) is 12.2. The molecule has 0 fully saturated rings. The molecule has 1 amide bonds. The molecule has 3 aromatic rings. The first-order chi connectivity index (χ1) is 10.1. The minimum Gasteiger partial charge on any atom is -0.306 e. The number of carbonyl (C=O) groups excluding carboxylic acids is 1. The van der Waals surface area contributed by atoms with E-state index in [1.54, 1.807) is 36.0 Å². The third kappa shape index (κ3) is 2.12. The molecule has 1 aromatic carbocycles. The fourth-order valence-electron chi connectivity index (χ4n) is 2.20. The van der Waals surface area contributed by atoms with Crippen LogP contribution >= 0.6 is 0 Å². The van der Waals surface area contributed by atoms with E-state index in [2.05, 4.69) is 20.6 Å². The average Bonchev–Trinajstić information content (AvgIpc) is 3.02. The molecule has 2 N–H and O–H groups in total. The second kappa shape index (κ2) is 4.76. The number of H-pyrrole nitrogens is 1. The quantitative estimate of drug-likeness (QED) is 0.746. The maximum absolute atomic E-state index is 12.2. The van der Waals surface area contributed by atoms with Crippen LogP contribution in [0.1, 0.15) is 21.6 Å². The number of carbonyl (C=O) groups is 1. The van der Waals surface area contributed by atoms with Gasteiger partial charge in [-0.1, -0.05) is 0 Å². The average molecular weight is 280 g/mol. The first-order valence-corrected chi connectivity index (χ1v) is 6.29. The third-order valence-electron chi connectivity index (χ3n) is 3.23. The van der Waals surface area contributed by atoms with Gasteiger partial charge in [-0.3, -0.25) is 9.89 Å². The van der Waals surface area contributed by atoms with Gasteiger partial charge in [0.05, 0.1) is 22.7 Å². The molecule has 2 aromatic heterocycles. The normalized spacial score (nSPS) is 10.5. The van der Waals surface area contributed by atoms with Crippen LogP contribution in [0.3, 0.4) is 0 Å². The molecule has 2 heterocycles. The molecule has 0 spiro atoms. The first-order valence-electron chi connectivity index (χ1n) is 6.29. The summed E-state index contributed by atoms with van der Waals surface area (Å²) in [7, 11) is 1.79. The van der Waals surface area contributed by atoms with Gasteiger partial charge in [0.2, 0.25) is 0 Å². The summed E-state index contributed by atoms with van der Waals surface area (Å²) in [5.74, 6) is 0.248. The van der Waals surface area contributed by atoms with Crippen molar-refractivity contribution >= 4 is 22.8 Å². The molecule has 7 nitrogen and oxygen atoms in total. The van der Waals surface area contributed by atoms with Crippen LogP contribution in [-0.2, 0) is 7.05 Å². The van der Waals surface area contributed by atoms with Crippen molar-refractivity contribution in [2.24, 2.45) is 7.05 Å². The summed E-state index contributed by atoms with van der Waals surface area (Å²) in [5, 5.41) is 23.5. The van der Waals surface area contributed by atoms with Gasteiger partial charge in [0.15, 0.2) is 5.65 Å². The smallest absolute Gasteiger partial charge is 0.256 e. The Morgan fingerprint density at radius 2 is 2.10 bits per heavy atom. The highest BCUT2D eigenvalue weighted by molar-refractivity contribution is 6.08. The van der Waals surface area contributed by atoms with Gasteiger partial charge < -0.3 is 5.32 Å². The number of aromatic amines is 1. The SMILES string of the molecule is Cc1nn(C)c2n[nH]c(NC(=O)c3ccc(C#N)cc3)c12. The topological polar surface area (TPSA) is 99.4 Å². The predicted octanol–water partition coefficient (Wildman–Crippen LogP) is 1.73. The summed E-state index contributed by atoms with van der Waals surface area (Å²) >= 11 is 0. The van der Waals surface area contributed by atoms with E-state index in [4.69, 9.17) is 5.26 Å². The monoisotopic (exact) mass is 280 g/mol. The van der Waals surface area contributed by atoms with Crippen LogP contribution in [0.2, 0.25) is 0 Å². The van der Waals surface area contributed by atoms with Crippen molar-refractivity contribution in [3.05, 3.63) is 41.1 Å². The maximum Gasteiger partial charge on any atom is 0.256 e. The number of aromatic nitrogens is 4. The first kappa shape index (κ1) is 12.9. The van der Waals surface area contributed by atoms with E-state index in [1.807, 2.05) is 13.0 Å². The minimum atomic E-state index is -0.270. The Morgan fingerprint density at radius 3 is 2.76 bits per heavy atom. The van der Waals surface area contributed by atoms with Crippen LogP contribution in [-0.4, -0.2) is 25.9 Å². The Morgan fingerprint density at radius 1 is 1.38 bits per heavy atom. The number of nitrogens with one attached hydrogen (secondary N) is 2. The van der Waals surface area contributed by atoms with Gasteiger partial charge in [-0.2, -0.15) is 15.5 Å². The lowest BCUT2D eigenvalue weighted by Crippen LogP contribution is -2.12. The van der Waals surface area contributed by atoms with Gasteiger partial charge in [0.25, 0.3) is 5.91 Å². The molecule has 0 aliphatic heterocycles. The second-order valence-electron chi connectivity index (χ2n) is 4.65. The van der Waals surface area contributed by atoms with Gasteiger partial charge in [0.1, 0.15) is 5.82 Å². The number of aryl methyl sites for hydroxylation is 2. The van der Waals surface area contributed by atoms with Crippen molar-refractivity contribution in [2.75, 3.05) is 5.32 Å². The van der Waals surface area contributed by atoms with Crippen molar-refractivity contribution in [3.63, 3.8) is 0 Å². The summed E-state index contributed by atoms with van der Waals surface area (Å²) in [6.07, 6.45) is 0. The predicted molar refractivity (Wildman–Crippen MR) is 76.7 cm³/mol. The fourth-order valence-corrected chi connectivity index (χ4v) is 2.20. The van der Waals surface area contributed by atoms with Gasteiger partial charge in [0, 0.05) is 12.6 Å². The van der Waals surface area contributed by atoms with E-state index in [9.17, 15) is 4.79 Å². The Kier molecular flexibility index (Phi) is 2.92. The van der Waals surface area contributed by atoms with Crippen molar-refractivity contribution in [2.45, 2.75) is 6.92 Å². The summed E-state index contributed by atoms with van der Waals surface area (Å²) in [6, 6.07) is 8.44. The zero-order valence-corrected chi connectivity index (χ0v) is 11.5. The number of amides is 1. The van der Waals surface area contributed by atoms with E-state index in [0.29, 0.717) is 22.6 Å². The number of fused-ring (bicyclic) bond motifs is 1. The van der Waals surface area contributed by atoms with E-state index >= 15 is 0 Å². The molecular weight excluding hydrogens is 268 g/mol. The van der Waals surface area contributed by atoms with E-state index < -0.39 is 0 Å². The summed E-state index contributed by atoms with van der Waals surface area (Å²) < 4.78 is 1.65. The zero-order chi connectivity index (χ0) is 15.0. The highest BCUT2D eigenvalue weighted by atomic mass is 16.1. The van der Waals surface area contributed by atoms with Crippen LogP contribution in [0.25, 0.3) is 11.0 Å². The van der Waals surface area contributed by atoms with Crippen molar-refractivity contribution in [1.29, 1.82) is 5.26 Å².